The van der Waals surface area contributed by atoms with E-state index in [0.29, 0.717) is 0 Å². The van der Waals surface area contributed by atoms with Crippen LogP contribution in [0.5, 0.6) is 0 Å². The Morgan fingerprint density at radius 1 is 0.286 bits per heavy atom. The van der Waals surface area contributed by atoms with Gasteiger partial charge in [0.25, 0.3) is 0 Å². The molecule has 0 fully saturated rings. The van der Waals surface area contributed by atoms with Crippen molar-refractivity contribution in [3.63, 3.8) is 0 Å². The molecule has 0 aromatic heterocycles. The maximum atomic E-state index is 2.41. The van der Waals surface area contributed by atoms with Crippen LogP contribution in [0.4, 0.5) is 0 Å². The fourth-order valence-corrected chi connectivity index (χ4v) is 9.06. The van der Waals surface area contributed by atoms with Crippen LogP contribution in [0.1, 0.15) is 25.0 Å². The second kappa shape index (κ2) is 10.5. The Hall–Kier alpha value is -5.98. The van der Waals surface area contributed by atoms with Crippen molar-refractivity contribution in [3.05, 3.63) is 181 Å². The van der Waals surface area contributed by atoms with Gasteiger partial charge in [-0.05, 0) is 98.7 Å². The van der Waals surface area contributed by atoms with Crippen LogP contribution in [0.15, 0.2) is 170 Å². The van der Waals surface area contributed by atoms with Crippen LogP contribution < -0.4 is 0 Å². The monoisotopic (exact) mass is 622 g/mol. The molecule has 0 radical (unpaired) electrons. The summed E-state index contributed by atoms with van der Waals surface area (Å²) in [6.45, 7) is 4.83. The zero-order chi connectivity index (χ0) is 32.7. The third kappa shape index (κ3) is 3.98. The summed E-state index contributed by atoms with van der Waals surface area (Å²) in [6, 6.07) is 63.0. The van der Waals surface area contributed by atoms with Crippen molar-refractivity contribution >= 4 is 43.1 Å². The van der Waals surface area contributed by atoms with Crippen molar-refractivity contribution in [2.45, 2.75) is 19.3 Å². The number of hydrogen-bond acceptors (Lipinski definition) is 0. The Morgan fingerprint density at radius 3 is 1.39 bits per heavy atom. The lowest BCUT2D eigenvalue weighted by molar-refractivity contribution is 0.668. The molecule has 49 heavy (non-hydrogen) atoms. The summed E-state index contributed by atoms with van der Waals surface area (Å²) in [6.07, 6.45) is 0. The molecule has 0 nitrogen and oxygen atoms in total. The normalized spacial score (nSPS) is 13.3. The van der Waals surface area contributed by atoms with Gasteiger partial charge in [-0.3, -0.25) is 0 Å². The maximum Gasteiger partial charge on any atom is 0.0171 e. The highest BCUT2D eigenvalue weighted by molar-refractivity contribution is 6.24. The Morgan fingerprint density at radius 2 is 0.735 bits per heavy atom. The second-order valence-electron chi connectivity index (χ2n) is 14.0. The van der Waals surface area contributed by atoms with Crippen LogP contribution in [0.2, 0.25) is 0 Å². The molecule has 0 amide bonds. The predicted molar refractivity (Wildman–Crippen MR) is 210 cm³/mol. The molecule has 230 valence electrons. The molecule has 1 aliphatic rings. The molecule has 0 heteroatoms. The minimum Gasteiger partial charge on any atom is -0.0622 e. The molecule has 9 aromatic carbocycles. The first kappa shape index (κ1) is 28.1. The van der Waals surface area contributed by atoms with E-state index in [9.17, 15) is 0 Å². The van der Waals surface area contributed by atoms with Crippen LogP contribution in [-0.4, -0.2) is 0 Å². The summed E-state index contributed by atoms with van der Waals surface area (Å²) in [7, 11) is 0. The molecule has 0 heterocycles. The molecule has 0 unspecified atom stereocenters. The average Bonchev–Trinajstić information content (AvgIpc) is 3.40. The highest BCUT2D eigenvalue weighted by Gasteiger charge is 2.39. The third-order valence-electron chi connectivity index (χ3n) is 11.0. The minimum atomic E-state index is -0.151. The summed E-state index contributed by atoms with van der Waals surface area (Å²) in [5.41, 5.74) is 13.1. The fourth-order valence-electron chi connectivity index (χ4n) is 9.06. The molecular formula is C49H34. The lowest BCUT2D eigenvalue weighted by Gasteiger charge is -2.26. The predicted octanol–water partition coefficient (Wildman–Crippen LogP) is 13.6. The van der Waals surface area contributed by atoms with Gasteiger partial charge in [0.15, 0.2) is 0 Å². The molecule has 0 N–H and O–H groups in total. The van der Waals surface area contributed by atoms with E-state index in [1.165, 1.54) is 98.7 Å². The number of hydrogen-bond donors (Lipinski definition) is 0. The summed E-state index contributed by atoms with van der Waals surface area (Å²) < 4.78 is 0. The molecule has 1 aliphatic carbocycles. The minimum absolute atomic E-state index is 0.151. The number of fused-ring (bicyclic) bond motifs is 8. The van der Waals surface area contributed by atoms with Crippen molar-refractivity contribution < 1.29 is 0 Å². The van der Waals surface area contributed by atoms with Gasteiger partial charge in [-0.15, -0.1) is 0 Å². The summed E-state index contributed by atoms with van der Waals surface area (Å²) in [5.74, 6) is 0. The van der Waals surface area contributed by atoms with Crippen LogP contribution in [0, 0.1) is 0 Å². The average molecular weight is 623 g/mol. The quantitative estimate of drug-likeness (QED) is 0.172. The number of benzene rings is 9. The van der Waals surface area contributed by atoms with E-state index in [1.54, 1.807) is 0 Å². The van der Waals surface area contributed by atoms with Crippen molar-refractivity contribution in [3.8, 4) is 44.5 Å². The first-order valence-electron chi connectivity index (χ1n) is 17.3. The van der Waals surface area contributed by atoms with Gasteiger partial charge in [-0.25, -0.2) is 0 Å². The van der Waals surface area contributed by atoms with Crippen molar-refractivity contribution in [2.24, 2.45) is 0 Å². The molecule has 0 saturated carbocycles. The third-order valence-corrected chi connectivity index (χ3v) is 11.0. The maximum absolute atomic E-state index is 2.41. The lowest BCUT2D eigenvalue weighted by Crippen LogP contribution is -2.17. The van der Waals surface area contributed by atoms with E-state index in [0.717, 1.165) is 0 Å². The van der Waals surface area contributed by atoms with Crippen LogP contribution in [-0.2, 0) is 5.41 Å². The van der Waals surface area contributed by atoms with Crippen LogP contribution in [0.25, 0.3) is 87.6 Å². The van der Waals surface area contributed by atoms with E-state index in [2.05, 4.69) is 184 Å². The van der Waals surface area contributed by atoms with E-state index in [4.69, 9.17) is 0 Å². The summed E-state index contributed by atoms with van der Waals surface area (Å²) in [5, 5.41) is 10.3. The van der Waals surface area contributed by atoms with Gasteiger partial charge in [-0.2, -0.15) is 0 Å². The Balaban J connectivity index is 1.25. The highest BCUT2D eigenvalue weighted by Crippen LogP contribution is 2.55. The van der Waals surface area contributed by atoms with Gasteiger partial charge in [0.05, 0.1) is 0 Å². The zero-order valence-corrected chi connectivity index (χ0v) is 27.7. The first-order valence-corrected chi connectivity index (χ1v) is 17.3. The molecule has 0 atom stereocenters. The zero-order valence-electron chi connectivity index (χ0n) is 27.7. The highest BCUT2D eigenvalue weighted by atomic mass is 14.4. The van der Waals surface area contributed by atoms with Crippen molar-refractivity contribution in [2.75, 3.05) is 0 Å². The summed E-state index contributed by atoms with van der Waals surface area (Å²) >= 11 is 0. The molecular weight excluding hydrogens is 589 g/mol. The van der Waals surface area contributed by atoms with Crippen molar-refractivity contribution in [1.82, 2.24) is 0 Å². The topological polar surface area (TPSA) is 0 Å². The second-order valence-corrected chi connectivity index (χ2v) is 14.0. The molecule has 0 aliphatic heterocycles. The van der Waals surface area contributed by atoms with Gasteiger partial charge in [0.2, 0.25) is 0 Å². The van der Waals surface area contributed by atoms with Gasteiger partial charge in [-0.1, -0.05) is 184 Å². The van der Waals surface area contributed by atoms with E-state index >= 15 is 0 Å². The van der Waals surface area contributed by atoms with Crippen LogP contribution >= 0.6 is 0 Å². The SMILES string of the molecule is CC1(C)c2c(cccc2-c2ccc(-c3c4ccccc4c(-c4ccccc4)c4ccccc34)c3ccccc23)-c2ccc3ccccc3c21. The largest absolute Gasteiger partial charge is 0.0622 e. The Labute approximate surface area is 286 Å². The van der Waals surface area contributed by atoms with Gasteiger partial charge in [0.1, 0.15) is 0 Å². The van der Waals surface area contributed by atoms with Gasteiger partial charge >= 0.3 is 0 Å². The summed E-state index contributed by atoms with van der Waals surface area (Å²) in [4.78, 5) is 0. The molecule has 0 spiro atoms. The number of rotatable bonds is 3. The molecule has 0 bridgehead atoms. The van der Waals surface area contributed by atoms with Crippen LogP contribution in [0.3, 0.4) is 0 Å². The van der Waals surface area contributed by atoms with Crippen molar-refractivity contribution in [1.29, 1.82) is 0 Å². The Kier molecular flexibility index (Phi) is 6.02. The molecule has 0 saturated heterocycles. The molecule has 10 rings (SSSR count). The van der Waals surface area contributed by atoms with E-state index in [1.807, 2.05) is 0 Å². The molecule has 9 aromatic rings. The Bertz CT molecular complexity index is 2720. The lowest BCUT2D eigenvalue weighted by atomic mass is 9.76. The first-order chi connectivity index (χ1) is 24.1. The fraction of sp³-hybridized carbons (Fsp3) is 0.0612. The smallest absolute Gasteiger partial charge is 0.0171 e. The van der Waals surface area contributed by atoms with E-state index < -0.39 is 0 Å². The van der Waals surface area contributed by atoms with E-state index in [-0.39, 0.29) is 5.41 Å². The van der Waals surface area contributed by atoms with Gasteiger partial charge in [0, 0.05) is 5.41 Å². The van der Waals surface area contributed by atoms with Gasteiger partial charge < -0.3 is 0 Å². The standard InChI is InChI=1S/C49H34/c1-49(2)47-33-18-7-6-15-31(33)27-28-44(47)43-26-14-25-42(48(43)49)36-29-30-41(35-20-9-8-19-34(35)36)46-39-23-12-10-21-37(39)45(32-16-4-3-5-17-32)38-22-11-13-24-40(38)46/h3-30H,1-2H3.